The van der Waals surface area contributed by atoms with Gasteiger partial charge in [-0.2, -0.15) is 0 Å². The number of carbonyl (C=O) groups excluding carboxylic acids is 1. The number of halogens is 2. The van der Waals surface area contributed by atoms with Crippen LogP contribution in [0.15, 0.2) is 52.9 Å². The van der Waals surface area contributed by atoms with E-state index < -0.39 is 0 Å². The fourth-order valence-electron chi connectivity index (χ4n) is 5.17. The number of nitrogens with one attached hydrogen (secondary N) is 2. The third-order valence-corrected chi connectivity index (χ3v) is 9.11. The van der Waals surface area contributed by atoms with E-state index in [-0.39, 0.29) is 12.5 Å². The van der Waals surface area contributed by atoms with Gasteiger partial charge in [0.05, 0.1) is 28.0 Å². The summed E-state index contributed by atoms with van der Waals surface area (Å²) in [5.41, 5.74) is 7.04. The van der Waals surface area contributed by atoms with Crippen LogP contribution in [-0.2, 0) is 19.5 Å². The predicted octanol–water partition coefficient (Wildman–Crippen LogP) is 6.56. The van der Waals surface area contributed by atoms with E-state index in [1.807, 2.05) is 49.4 Å². The summed E-state index contributed by atoms with van der Waals surface area (Å²) in [5.74, 6) is 0.182. The van der Waals surface area contributed by atoms with Gasteiger partial charge in [0.1, 0.15) is 5.52 Å². The summed E-state index contributed by atoms with van der Waals surface area (Å²) in [6.07, 6.45) is 0.844. The van der Waals surface area contributed by atoms with Crippen LogP contribution >= 0.6 is 34.5 Å². The zero-order valence-corrected chi connectivity index (χ0v) is 25.5. The zero-order valence-electron chi connectivity index (χ0n) is 23.1. The number of nitrogens with zero attached hydrogens (tertiary/aromatic N) is 3. The normalized spacial score (nSPS) is 13.5. The van der Waals surface area contributed by atoms with E-state index in [9.17, 15) is 4.79 Å². The predicted molar refractivity (Wildman–Crippen MR) is 169 cm³/mol. The van der Waals surface area contributed by atoms with Crippen molar-refractivity contribution in [2.75, 3.05) is 32.1 Å². The van der Waals surface area contributed by atoms with Crippen LogP contribution < -0.4 is 10.6 Å². The summed E-state index contributed by atoms with van der Waals surface area (Å²) >= 11 is 14.9. The van der Waals surface area contributed by atoms with Crippen LogP contribution in [-0.4, -0.2) is 52.6 Å². The molecule has 42 heavy (non-hydrogen) atoms. The number of aliphatic hydroxyl groups is 1. The van der Waals surface area contributed by atoms with Crippen molar-refractivity contribution < 1.29 is 14.3 Å². The number of thiazole rings is 1. The molecule has 1 aliphatic heterocycles. The Hall–Kier alpha value is -3.31. The maximum absolute atomic E-state index is 13.1. The van der Waals surface area contributed by atoms with Crippen molar-refractivity contribution in [3.8, 4) is 22.6 Å². The van der Waals surface area contributed by atoms with Crippen molar-refractivity contribution in [2.45, 2.75) is 26.4 Å². The quantitative estimate of drug-likeness (QED) is 0.169. The standard InChI is InChI=1S/C31H29Cl2N5O3S/c1-17-19(5-3-6-20(17)30-36-25-14-18(15-34-10-12-39)13-22(32)28(25)41-30)21-7-4-8-24(27(21)33)35-29(40)31-37-23-9-11-38(2)16-26(23)42-31/h3-8,13-14,34,39H,9-12,15-16H2,1-2H3,(H,35,40). The summed E-state index contributed by atoms with van der Waals surface area (Å²) in [7, 11) is 2.07. The molecule has 0 aliphatic carbocycles. The second kappa shape index (κ2) is 12.1. The third-order valence-electron chi connectivity index (χ3n) is 7.34. The number of anilines is 1. The number of oxazole rings is 1. The van der Waals surface area contributed by atoms with Crippen LogP contribution in [0.2, 0.25) is 10.0 Å². The van der Waals surface area contributed by atoms with Gasteiger partial charge < -0.3 is 25.1 Å². The SMILES string of the molecule is Cc1c(-c2nc3cc(CNCCO)cc(Cl)c3o2)cccc1-c1cccc(NC(=O)c2nc3c(s2)CN(C)CC3)c1Cl. The fourth-order valence-corrected chi connectivity index (χ4v) is 6.80. The van der Waals surface area contributed by atoms with Crippen molar-refractivity contribution in [1.82, 2.24) is 20.2 Å². The summed E-state index contributed by atoms with van der Waals surface area (Å²) < 4.78 is 6.13. The van der Waals surface area contributed by atoms with Crippen molar-refractivity contribution >= 4 is 57.2 Å². The minimum atomic E-state index is -0.268. The number of likely N-dealkylation sites (N-methyl/N-ethyl adjacent to an activating group) is 1. The summed E-state index contributed by atoms with van der Waals surface area (Å²) in [4.78, 5) is 25.9. The molecule has 3 N–H and O–H groups in total. The average molecular weight is 623 g/mol. The first-order chi connectivity index (χ1) is 20.3. The van der Waals surface area contributed by atoms with E-state index in [0.717, 1.165) is 57.9 Å². The van der Waals surface area contributed by atoms with Crippen molar-refractivity contribution in [3.63, 3.8) is 0 Å². The van der Waals surface area contributed by atoms with Gasteiger partial charge >= 0.3 is 0 Å². The molecular formula is C31H29Cl2N5O3S. The highest BCUT2D eigenvalue weighted by Crippen LogP contribution is 2.40. The number of rotatable bonds is 8. The Morgan fingerprint density at radius 2 is 1.90 bits per heavy atom. The maximum atomic E-state index is 13.1. The fraction of sp³-hybridized carbons (Fsp3) is 0.258. The first-order valence-electron chi connectivity index (χ1n) is 13.6. The smallest absolute Gasteiger partial charge is 0.284 e. The Kier molecular flexibility index (Phi) is 8.31. The molecule has 1 aliphatic rings. The van der Waals surface area contributed by atoms with Crippen molar-refractivity contribution in [3.05, 3.63) is 85.3 Å². The van der Waals surface area contributed by atoms with Gasteiger partial charge in [-0.15, -0.1) is 11.3 Å². The highest BCUT2D eigenvalue weighted by molar-refractivity contribution is 7.13. The lowest BCUT2D eigenvalue weighted by molar-refractivity contribution is 0.102. The number of carbonyl (C=O) groups is 1. The van der Waals surface area contributed by atoms with E-state index in [2.05, 4.69) is 27.6 Å². The van der Waals surface area contributed by atoms with E-state index in [4.69, 9.17) is 37.7 Å². The molecule has 11 heteroatoms. The van der Waals surface area contributed by atoms with Crippen LogP contribution in [0.3, 0.4) is 0 Å². The molecule has 0 fully saturated rings. The van der Waals surface area contributed by atoms with Gasteiger partial charge in [-0.05, 0) is 54.9 Å². The van der Waals surface area contributed by atoms with Gasteiger partial charge in [0, 0.05) is 48.6 Å². The Morgan fingerprint density at radius 1 is 1.12 bits per heavy atom. The molecule has 0 atom stereocenters. The second-order valence-electron chi connectivity index (χ2n) is 10.3. The van der Waals surface area contributed by atoms with Crippen molar-refractivity contribution in [2.24, 2.45) is 0 Å². The monoisotopic (exact) mass is 621 g/mol. The number of aromatic nitrogens is 2. The van der Waals surface area contributed by atoms with E-state index >= 15 is 0 Å². The van der Waals surface area contributed by atoms with E-state index in [1.54, 1.807) is 6.07 Å². The molecule has 0 spiro atoms. The molecule has 0 saturated carbocycles. The molecule has 0 bridgehead atoms. The lowest BCUT2D eigenvalue weighted by Crippen LogP contribution is -2.25. The first-order valence-corrected chi connectivity index (χ1v) is 15.2. The minimum absolute atomic E-state index is 0.0600. The zero-order chi connectivity index (χ0) is 29.4. The van der Waals surface area contributed by atoms with Gasteiger partial charge in [0.25, 0.3) is 5.91 Å². The second-order valence-corrected chi connectivity index (χ2v) is 12.2. The maximum Gasteiger partial charge on any atom is 0.284 e. The molecule has 216 valence electrons. The molecule has 3 heterocycles. The van der Waals surface area contributed by atoms with Gasteiger partial charge in [-0.3, -0.25) is 4.79 Å². The van der Waals surface area contributed by atoms with E-state index in [1.165, 1.54) is 11.3 Å². The number of aliphatic hydroxyl groups excluding tert-OH is 1. The Labute approximate surface area is 257 Å². The molecule has 2 aromatic heterocycles. The molecular weight excluding hydrogens is 593 g/mol. The highest BCUT2D eigenvalue weighted by atomic mass is 35.5. The molecule has 5 aromatic rings. The van der Waals surface area contributed by atoms with Crippen LogP contribution in [0.25, 0.3) is 33.7 Å². The van der Waals surface area contributed by atoms with Gasteiger partial charge in [0.15, 0.2) is 10.6 Å². The van der Waals surface area contributed by atoms with E-state index in [0.29, 0.717) is 50.8 Å². The van der Waals surface area contributed by atoms with Gasteiger partial charge in [-0.1, -0.05) is 47.5 Å². The van der Waals surface area contributed by atoms with Gasteiger partial charge in [-0.25, -0.2) is 9.97 Å². The molecule has 8 nitrogen and oxygen atoms in total. The molecule has 0 radical (unpaired) electrons. The third kappa shape index (κ3) is 5.68. The summed E-state index contributed by atoms with van der Waals surface area (Å²) in [6.45, 7) is 4.84. The summed E-state index contributed by atoms with van der Waals surface area (Å²) in [6, 6.07) is 15.2. The average Bonchev–Trinajstić information content (AvgIpc) is 3.59. The topological polar surface area (TPSA) is 104 Å². The lowest BCUT2D eigenvalue weighted by Gasteiger charge is -2.20. The largest absolute Gasteiger partial charge is 0.434 e. The summed E-state index contributed by atoms with van der Waals surface area (Å²) in [5, 5.41) is 16.5. The number of hydrogen-bond acceptors (Lipinski definition) is 8. The Morgan fingerprint density at radius 3 is 2.74 bits per heavy atom. The minimum Gasteiger partial charge on any atom is -0.434 e. The highest BCUT2D eigenvalue weighted by Gasteiger charge is 2.23. The molecule has 6 rings (SSSR count). The Balaban J connectivity index is 1.29. The van der Waals surface area contributed by atoms with Crippen LogP contribution in [0.5, 0.6) is 0 Å². The number of amides is 1. The number of benzene rings is 3. The molecule has 3 aromatic carbocycles. The number of fused-ring (bicyclic) bond motifs is 2. The van der Waals surface area contributed by atoms with Crippen LogP contribution in [0, 0.1) is 6.92 Å². The molecule has 0 saturated heterocycles. The van der Waals surface area contributed by atoms with Crippen LogP contribution in [0.1, 0.15) is 31.5 Å². The lowest BCUT2D eigenvalue weighted by atomic mass is 9.96. The van der Waals surface area contributed by atoms with Crippen molar-refractivity contribution in [1.29, 1.82) is 0 Å². The first kappa shape index (κ1) is 28.8. The van der Waals surface area contributed by atoms with Gasteiger partial charge in [0.2, 0.25) is 5.89 Å². The van der Waals surface area contributed by atoms with Crippen LogP contribution in [0.4, 0.5) is 5.69 Å². The molecule has 0 unspecified atom stereocenters. The Bertz CT molecular complexity index is 1800. The molecule has 1 amide bonds. The number of hydrogen-bond donors (Lipinski definition) is 3.